The van der Waals surface area contributed by atoms with Gasteiger partial charge in [-0.15, -0.1) is 0 Å². The van der Waals surface area contributed by atoms with Crippen molar-refractivity contribution in [2.75, 3.05) is 7.05 Å². The maximum atomic E-state index is 12.5. The fraction of sp³-hybridized carbons (Fsp3) is 0.950. The molecule has 0 unspecified atom stereocenters. The highest BCUT2D eigenvalue weighted by atomic mass is 16.3. The number of hydrogen-bond acceptors (Lipinski definition) is 2. The van der Waals surface area contributed by atoms with Gasteiger partial charge in [0.1, 0.15) is 0 Å². The van der Waals surface area contributed by atoms with Crippen molar-refractivity contribution >= 4 is 5.91 Å². The second-order valence-electron chi connectivity index (χ2n) is 9.67. The van der Waals surface area contributed by atoms with Crippen LogP contribution >= 0.6 is 0 Å². The van der Waals surface area contributed by atoms with Gasteiger partial charge in [-0.1, -0.05) is 20.8 Å². The summed E-state index contributed by atoms with van der Waals surface area (Å²) >= 11 is 0. The molecule has 3 heteroatoms. The molecule has 4 rings (SSSR count). The van der Waals surface area contributed by atoms with Crippen molar-refractivity contribution in [3.63, 3.8) is 0 Å². The lowest BCUT2D eigenvalue weighted by Gasteiger charge is -2.62. The molecule has 0 bridgehead atoms. The smallest absolute Gasteiger partial charge is 0.225 e. The minimum atomic E-state index is -0.0893. The topological polar surface area (TPSA) is 40.5 Å². The largest absolute Gasteiger partial charge is 0.393 e. The Labute approximate surface area is 140 Å². The monoisotopic (exact) mass is 319 g/mol. The highest BCUT2D eigenvalue weighted by Gasteiger charge is 2.61. The molecule has 3 saturated carbocycles. The van der Waals surface area contributed by atoms with E-state index in [1.165, 1.54) is 25.7 Å². The lowest BCUT2D eigenvalue weighted by molar-refractivity contribution is -0.167. The fourth-order valence-electron chi connectivity index (χ4n) is 7.58. The van der Waals surface area contributed by atoms with Crippen LogP contribution in [0, 0.1) is 34.5 Å². The summed E-state index contributed by atoms with van der Waals surface area (Å²) in [6, 6.07) is 0.433. The van der Waals surface area contributed by atoms with Gasteiger partial charge in [0.15, 0.2) is 0 Å². The van der Waals surface area contributed by atoms with Crippen LogP contribution in [-0.4, -0.2) is 35.1 Å². The Morgan fingerprint density at radius 1 is 1.04 bits per heavy atom. The average molecular weight is 319 g/mol. The van der Waals surface area contributed by atoms with E-state index in [1.807, 2.05) is 7.05 Å². The molecule has 1 saturated heterocycles. The zero-order valence-electron chi connectivity index (χ0n) is 15.2. The van der Waals surface area contributed by atoms with Crippen LogP contribution in [-0.2, 0) is 4.79 Å². The van der Waals surface area contributed by atoms with Crippen LogP contribution in [0.5, 0.6) is 0 Å². The van der Waals surface area contributed by atoms with Crippen LogP contribution in [0.25, 0.3) is 0 Å². The number of likely N-dealkylation sites (tertiary alicyclic amines) is 1. The molecule has 1 aliphatic heterocycles. The molecular weight excluding hydrogens is 286 g/mol. The number of piperidine rings is 1. The van der Waals surface area contributed by atoms with E-state index in [9.17, 15) is 9.90 Å². The van der Waals surface area contributed by atoms with Crippen molar-refractivity contribution < 1.29 is 9.90 Å². The van der Waals surface area contributed by atoms with Crippen molar-refractivity contribution in [2.24, 2.45) is 34.5 Å². The highest BCUT2D eigenvalue weighted by Crippen LogP contribution is 2.64. The lowest BCUT2D eigenvalue weighted by atomic mass is 9.47. The zero-order valence-corrected chi connectivity index (χ0v) is 15.2. The van der Waals surface area contributed by atoms with Crippen LogP contribution in [0.4, 0.5) is 0 Å². The standard InChI is InChI=1S/C20H33NO2/c1-12-11-20(3)15-9-10-19(2)14(6-8-17(19)22)13(15)5-7-16(20)21(4)18(12)23/h12-17,22H,5-11H2,1-4H3/t12-,13+,14+,15+,16-,17+,19+,20-/m1/s1. The van der Waals surface area contributed by atoms with Gasteiger partial charge in [0.05, 0.1) is 6.10 Å². The molecule has 0 aromatic rings. The van der Waals surface area contributed by atoms with E-state index >= 15 is 0 Å². The first kappa shape index (κ1) is 15.9. The number of aliphatic hydroxyl groups is 1. The SMILES string of the molecule is C[C@@H]1C[C@]2(C)[C@H]3CC[C@]4(C)[C@@H](O)CC[C@H]4[C@@H]3CC[C@H]2N(C)C1=O. The van der Waals surface area contributed by atoms with E-state index in [-0.39, 0.29) is 22.9 Å². The van der Waals surface area contributed by atoms with Gasteiger partial charge in [-0.3, -0.25) is 4.79 Å². The number of hydrogen-bond donors (Lipinski definition) is 1. The minimum Gasteiger partial charge on any atom is -0.393 e. The molecule has 8 atom stereocenters. The van der Waals surface area contributed by atoms with E-state index in [0.717, 1.165) is 31.1 Å². The molecule has 23 heavy (non-hydrogen) atoms. The van der Waals surface area contributed by atoms with Crippen LogP contribution in [0.3, 0.4) is 0 Å². The first-order valence-corrected chi connectivity index (χ1v) is 9.74. The summed E-state index contributed by atoms with van der Waals surface area (Å²) in [6.07, 6.45) is 8.02. The van der Waals surface area contributed by atoms with Crippen LogP contribution in [0.15, 0.2) is 0 Å². The molecule has 0 radical (unpaired) electrons. The van der Waals surface area contributed by atoms with Crippen LogP contribution in [0.2, 0.25) is 0 Å². The van der Waals surface area contributed by atoms with Crippen molar-refractivity contribution in [3.8, 4) is 0 Å². The number of rotatable bonds is 0. The normalized spacial score (nSPS) is 56.0. The molecule has 1 amide bonds. The van der Waals surface area contributed by atoms with E-state index in [4.69, 9.17) is 0 Å². The van der Waals surface area contributed by atoms with Gasteiger partial charge in [-0.25, -0.2) is 0 Å². The van der Waals surface area contributed by atoms with Gasteiger partial charge in [0.2, 0.25) is 5.91 Å². The van der Waals surface area contributed by atoms with E-state index in [2.05, 4.69) is 25.7 Å². The molecule has 1 N–H and O–H groups in total. The maximum absolute atomic E-state index is 12.5. The summed E-state index contributed by atoms with van der Waals surface area (Å²) in [5, 5.41) is 10.5. The third kappa shape index (κ3) is 1.95. The molecule has 0 aromatic carbocycles. The van der Waals surface area contributed by atoms with Gasteiger partial charge in [0, 0.05) is 19.0 Å². The molecule has 1 heterocycles. The number of carbonyl (C=O) groups is 1. The minimum absolute atomic E-state index is 0.0893. The molecule has 0 aromatic heterocycles. The first-order valence-electron chi connectivity index (χ1n) is 9.74. The van der Waals surface area contributed by atoms with Gasteiger partial charge in [-0.05, 0) is 73.5 Å². The number of nitrogens with zero attached hydrogens (tertiary/aromatic N) is 1. The number of carbonyl (C=O) groups excluding carboxylic acids is 1. The van der Waals surface area contributed by atoms with Crippen molar-refractivity contribution in [1.29, 1.82) is 0 Å². The molecule has 3 nitrogen and oxygen atoms in total. The third-order valence-corrected chi connectivity index (χ3v) is 8.75. The molecule has 4 fully saturated rings. The van der Waals surface area contributed by atoms with Gasteiger partial charge in [0.25, 0.3) is 0 Å². The average Bonchev–Trinajstić information content (AvgIpc) is 2.80. The molecule has 3 aliphatic carbocycles. The second-order valence-corrected chi connectivity index (χ2v) is 9.67. The van der Waals surface area contributed by atoms with Crippen LogP contribution < -0.4 is 0 Å². The Morgan fingerprint density at radius 3 is 2.48 bits per heavy atom. The summed E-state index contributed by atoms with van der Waals surface area (Å²) in [6.45, 7) is 6.94. The summed E-state index contributed by atoms with van der Waals surface area (Å²) in [7, 11) is 2.04. The summed E-state index contributed by atoms with van der Waals surface area (Å²) in [5.74, 6) is 2.72. The number of aliphatic hydroxyl groups excluding tert-OH is 1. The Morgan fingerprint density at radius 2 is 1.74 bits per heavy atom. The predicted octanol–water partition coefficient (Wildman–Crippen LogP) is 3.46. The van der Waals surface area contributed by atoms with Crippen molar-refractivity contribution in [1.82, 2.24) is 4.90 Å². The Balaban J connectivity index is 1.67. The molecule has 0 spiro atoms. The van der Waals surface area contributed by atoms with Gasteiger partial charge in [-0.2, -0.15) is 0 Å². The van der Waals surface area contributed by atoms with Crippen molar-refractivity contribution in [2.45, 2.75) is 77.9 Å². The third-order valence-electron chi connectivity index (χ3n) is 8.75. The number of fused-ring (bicyclic) bond motifs is 5. The second kappa shape index (κ2) is 4.97. The Kier molecular flexibility index (Phi) is 3.44. The molecule has 130 valence electrons. The predicted molar refractivity (Wildman–Crippen MR) is 90.7 cm³/mol. The molecular formula is C20H33NO2. The van der Waals surface area contributed by atoms with E-state index in [0.29, 0.717) is 17.9 Å². The quantitative estimate of drug-likeness (QED) is 0.743. The van der Waals surface area contributed by atoms with Gasteiger partial charge < -0.3 is 10.0 Å². The van der Waals surface area contributed by atoms with E-state index < -0.39 is 0 Å². The summed E-state index contributed by atoms with van der Waals surface area (Å²) in [5.41, 5.74) is 0.437. The van der Waals surface area contributed by atoms with Gasteiger partial charge >= 0.3 is 0 Å². The Bertz CT molecular complexity index is 520. The number of amides is 1. The summed E-state index contributed by atoms with van der Waals surface area (Å²) < 4.78 is 0. The summed E-state index contributed by atoms with van der Waals surface area (Å²) in [4.78, 5) is 14.5. The molecule has 4 aliphatic rings. The maximum Gasteiger partial charge on any atom is 0.225 e. The highest BCUT2D eigenvalue weighted by molar-refractivity contribution is 5.79. The first-order chi connectivity index (χ1) is 10.8. The Hall–Kier alpha value is -0.570. The zero-order chi connectivity index (χ0) is 16.6. The van der Waals surface area contributed by atoms with Crippen LogP contribution in [0.1, 0.15) is 65.7 Å². The van der Waals surface area contributed by atoms with E-state index in [1.54, 1.807) is 0 Å². The lowest BCUT2D eigenvalue weighted by Crippen LogP contribution is -2.63. The van der Waals surface area contributed by atoms with Crippen molar-refractivity contribution in [3.05, 3.63) is 0 Å². The fourth-order valence-corrected chi connectivity index (χ4v) is 7.58.